The summed E-state index contributed by atoms with van der Waals surface area (Å²) in [5.74, 6) is 0. The van der Waals surface area contributed by atoms with E-state index in [1.807, 2.05) is 13.1 Å². The fourth-order valence-corrected chi connectivity index (χ4v) is 2.77. The maximum absolute atomic E-state index is 12.7. The van der Waals surface area contributed by atoms with Gasteiger partial charge < -0.3 is 4.57 Å². The van der Waals surface area contributed by atoms with Crippen molar-refractivity contribution >= 4 is 27.7 Å². The number of nitrogens with zero attached hydrogens (tertiary/aromatic N) is 5. The van der Waals surface area contributed by atoms with Gasteiger partial charge in [0.05, 0.1) is 16.4 Å². The summed E-state index contributed by atoms with van der Waals surface area (Å²) in [5, 5.41) is 9.96. The predicted molar refractivity (Wildman–Crippen MR) is 78.0 cm³/mol. The molecule has 0 fully saturated rings. The molecule has 100 valence electrons. The molecule has 0 aliphatic heterocycles. The number of hydrogen-bond donors (Lipinski definition) is 0. The zero-order valence-electron chi connectivity index (χ0n) is 11.1. The van der Waals surface area contributed by atoms with E-state index < -0.39 is 0 Å². The molecule has 6 heteroatoms. The Balaban J connectivity index is 2.50. The van der Waals surface area contributed by atoms with Gasteiger partial charge in [-0.05, 0) is 24.3 Å². The van der Waals surface area contributed by atoms with E-state index >= 15 is 0 Å². The van der Waals surface area contributed by atoms with Crippen LogP contribution in [0.5, 0.6) is 0 Å². The SMILES string of the molecule is Cn1c2cccnc2n2c(=O)c3cccnc3c(C#N)c12. The third-order valence-electron chi connectivity index (χ3n) is 3.68. The lowest BCUT2D eigenvalue weighted by atomic mass is 10.2. The molecule has 4 heterocycles. The van der Waals surface area contributed by atoms with Crippen molar-refractivity contribution < 1.29 is 0 Å². The summed E-state index contributed by atoms with van der Waals surface area (Å²) < 4.78 is 3.29. The molecule has 0 amide bonds. The van der Waals surface area contributed by atoms with Gasteiger partial charge in [0.15, 0.2) is 5.65 Å². The lowest BCUT2D eigenvalue weighted by Crippen LogP contribution is -2.15. The summed E-state index contributed by atoms with van der Waals surface area (Å²) in [4.78, 5) is 21.2. The monoisotopic (exact) mass is 275 g/mol. The number of pyridine rings is 3. The second-order valence-electron chi connectivity index (χ2n) is 4.76. The van der Waals surface area contributed by atoms with Crippen molar-refractivity contribution in [3.63, 3.8) is 0 Å². The second kappa shape index (κ2) is 3.90. The van der Waals surface area contributed by atoms with Crippen LogP contribution in [0.3, 0.4) is 0 Å². The molecular formula is C15H9N5O. The molecule has 0 unspecified atom stereocenters. The molecule has 21 heavy (non-hydrogen) atoms. The second-order valence-corrected chi connectivity index (χ2v) is 4.76. The van der Waals surface area contributed by atoms with Crippen molar-refractivity contribution in [2.75, 3.05) is 0 Å². The van der Waals surface area contributed by atoms with Crippen LogP contribution >= 0.6 is 0 Å². The quantitative estimate of drug-likeness (QED) is 0.488. The largest absolute Gasteiger partial charge is 0.326 e. The van der Waals surface area contributed by atoms with Gasteiger partial charge in [0.25, 0.3) is 5.56 Å². The van der Waals surface area contributed by atoms with Gasteiger partial charge in [-0.15, -0.1) is 0 Å². The van der Waals surface area contributed by atoms with E-state index in [-0.39, 0.29) is 5.56 Å². The Bertz CT molecular complexity index is 1130. The summed E-state index contributed by atoms with van der Waals surface area (Å²) in [6, 6.07) is 9.21. The standard InChI is InChI=1S/C15H9N5O/c1-19-11-5-3-7-18-13(11)20-14(19)10(8-16)12-9(15(20)21)4-2-6-17-12/h2-7H,1H3. The van der Waals surface area contributed by atoms with E-state index in [2.05, 4.69) is 16.0 Å². The first-order valence-electron chi connectivity index (χ1n) is 6.37. The summed E-state index contributed by atoms with van der Waals surface area (Å²) in [6.07, 6.45) is 3.22. The van der Waals surface area contributed by atoms with Crippen molar-refractivity contribution in [2.24, 2.45) is 7.05 Å². The van der Waals surface area contributed by atoms with Crippen molar-refractivity contribution in [3.05, 3.63) is 52.6 Å². The van der Waals surface area contributed by atoms with Gasteiger partial charge in [-0.25, -0.2) is 9.38 Å². The molecule has 4 aromatic heterocycles. The van der Waals surface area contributed by atoms with Gasteiger partial charge in [-0.1, -0.05) is 0 Å². The van der Waals surface area contributed by atoms with Gasteiger partial charge >= 0.3 is 0 Å². The summed E-state index contributed by atoms with van der Waals surface area (Å²) in [6.45, 7) is 0. The molecule has 0 radical (unpaired) electrons. The highest BCUT2D eigenvalue weighted by molar-refractivity contribution is 5.92. The van der Waals surface area contributed by atoms with Crippen molar-refractivity contribution in [3.8, 4) is 6.07 Å². The van der Waals surface area contributed by atoms with E-state index in [1.54, 1.807) is 35.2 Å². The Labute approximate surface area is 118 Å². The molecule has 0 saturated carbocycles. The van der Waals surface area contributed by atoms with Crippen molar-refractivity contribution in [2.45, 2.75) is 0 Å². The Morgan fingerprint density at radius 2 is 1.95 bits per heavy atom. The summed E-state index contributed by atoms with van der Waals surface area (Å²) in [7, 11) is 1.81. The Hall–Kier alpha value is -3.20. The highest BCUT2D eigenvalue weighted by atomic mass is 16.1. The number of fused-ring (bicyclic) bond motifs is 4. The maximum Gasteiger partial charge on any atom is 0.267 e. The van der Waals surface area contributed by atoms with E-state index in [1.165, 1.54) is 4.40 Å². The van der Waals surface area contributed by atoms with Crippen LogP contribution in [0.1, 0.15) is 5.56 Å². The van der Waals surface area contributed by atoms with Crippen LogP contribution in [0.4, 0.5) is 0 Å². The van der Waals surface area contributed by atoms with Gasteiger partial charge in [-0.3, -0.25) is 9.78 Å². The fourth-order valence-electron chi connectivity index (χ4n) is 2.77. The Morgan fingerprint density at radius 3 is 2.76 bits per heavy atom. The number of hydrogen-bond acceptors (Lipinski definition) is 4. The van der Waals surface area contributed by atoms with Crippen LogP contribution in [0.15, 0.2) is 41.5 Å². The van der Waals surface area contributed by atoms with Crippen LogP contribution < -0.4 is 5.56 Å². The van der Waals surface area contributed by atoms with Crippen LogP contribution in [-0.2, 0) is 7.05 Å². The molecule has 0 bridgehead atoms. The van der Waals surface area contributed by atoms with Crippen molar-refractivity contribution in [1.29, 1.82) is 5.26 Å². The average molecular weight is 275 g/mol. The minimum Gasteiger partial charge on any atom is -0.326 e. The smallest absolute Gasteiger partial charge is 0.267 e. The average Bonchev–Trinajstić information content (AvgIpc) is 2.82. The van der Waals surface area contributed by atoms with Crippen LogP contribution in [-0.4, -0.2) is 18.9 Å². The van der Waals surface area contributed by atoms with E-state index in [4.69, 9.17) is 0 Å². The number of aromatic nitrogens is 4. The van der Waals surface area contributed by atoms with Crippen LogP contribution in [0.25, 0.3) is 27.7 Å². The fraction of sp³-hybridized carbons (Fsp3) is 0.0667. The molecule has 6 nitrogen and oxygen atoms in total. The molecule has 0 spiro atoms. The minimum atomic E-state index is -0.212. The van der Waals surface area contributed by atoms with Crippen molar-refractivity contribution in [1.82, 2.24) is 18.9 Å². The lowest BCUT2D eigenvalue weighted by Gasteiger charge is -2.03. The van der Waals surface area contributed by atoms with E-state index in [9.17, 15) is 10.1 Å². The van der Waals surface area contributed by atoms with Gasteiger partial charge in [-0.2, -0.15) is 5.26 Å². The molecule has 0 aliphatic carbocycles. The summed E-state index contributed by atoms with van der Waals surface area (Å²) >= 11 is 0. The van der Waals surface area contributed by atoms with Gasteiger partial charge in [0.2, 0.25) is 0 Å². The first-order chi connectivity index (χ1) is 10.2. The van der Waals surface area contributed by atoms with Crippen LogP contribution in [0, 0.1) is 11.3 Å². The predicted octanol–water partition coefficient (Wildman–Crippen LogP) is 1.61. The molecule has 0 aromatic carbocycles. The summed E-state index contributed by atoms with van der Waals surface area (Å²) in [5.41, 5.74) is 2.45. The molecule has 4 aromatic rings. The normalized spacial score (nSPS) is 11.2. The molecule has 0 aliphatic rings. The number of nitriles is 1. The number of imidazole rings is 1. The van der Waals surface area contributed by atoms with Crippen LogP contribution in [0.2, 0.25) is 0 Å². The first-order valence-corrected chi connectivity index (χ1v) is 6.37. The molecule has 0 saturated heterocycles. The highest BCUT2D eigenvalue weighted by Gasteiger charge is 2.19. The Morgan fingerprint density at radius 1 is 1.19 bits per heavy atom. The first kappa shape index (κ1) is 11.6. The third kappa shape index (κ3) is 1.32. The number of aryl methyl sites for hydroxylation is 1. The molecule has 0 atom stereocenters. The van der Waals surface area contributed by atoms with Gasteiger partial charge in [0, 0.05) is 19.4 Å². The topological polar surface area (TPSA) is 76.0 Å². The minimum absolute atomic E-state index is 0.212. The maximum atomic E-state index is 12.7. The lowest BCUT2D eigenvalue weighted by molar-refractivity contribution is 0.976. The van der Waals surface area contributed by atoms with E-state index in [0.717, 1.165) is 5.52 Å². The molecule has 4 rings (SSSR count). The van der Waals surface area contributed by atoms with Gasteiger partial charge in [0.1, 0.15) is 17.3 Å². The highest BCUT2D eigenvalue weighted by Crippen LogP contribution is 2.23. The zero-order valence-corrected chi connectivity index (χ0v) is 11.1. The Kier molecular flexibility index (Phi) is 2.16. The third-order valence-corrected chi connectivity index (χ3v) is 3.68. The number of rotatable bonds is 0. The van der Waals surface area contributed by atoms with E-state index in [0.29, 0.717) is 27.8 Å². The molecular weight excluding hydrogens is 266 g/mol. The zero-order chi connectivity index (χ0) is 14.6. The molecule has 0 N–H and O–H groups in total.